The maximum atomic E-state index is 0. The predicted molar refractivity (Wildman–Crippen MR) is 0 cm³/mol. The van der Waals surface area contributed by atoms with Gasteiger partial charge in [0.05, 0.1) is 0 Å². The Hall–Kier alpha value is 3.74. The maximum Gasteiger partial charge on any atom is 2.00 e. The van der Waals surface area contributed by atoms with Crippen LogP contribution in [0.5, 0.6) is 0 Å². The smallest absolute Gasteiger partial charge is 1.00 e. The minimum atomic E-state index is 0. The van der Waals surface area contributed by atoms with Gasteiger partial charge in [0.25, 0.3) is 0 Å². The average molecular weight is 283 g/mol. The quantitative estimate of drug-likeness (QED) is 0.306. The predicted octanol–water partition coefficient (Wildman–Crippen LogP) is -24.0. The average Bonchev–Trinajstić information content (AvgIpc) is 0. The second kappa shape index (κ2) is 96.9. The summed E-state index contributed by atoms with van der Waals surface area (Å²) in [4.78, 5) is 0. The molecule has 0 fully saturated rings. The molecule has 9 heavy (non-hydrogen) atoms. The van der Waals surface area contributed by atoms with Crippen LogP contribution in [0.15, 0.2) is 0 Å². The Balaban J connectivity index is 0. The van der Waals surface area contributed by atoms with Crippen molar-refractivity contribution in [2.24, 2.45) is 0 Å². The fourth-order valence-electron chi connectivity index (χ4n) is 0. The van der Waals surface area contributed by atoms with Gasteiger partial charge >= 0.3 is 129 Å². The Labute approximate surface area is 153 Å². The van der Waals surface area contributed by atoms with Crippen LogP contribution in [0.4, 0.5) is 0 Å². The fourth-order valence-corrected chi connectivity index (χ4v) is 0. The molecule has 50 valence electrons. The zero-order chi connectivity index (χ0) is 0. The summed E-state index contributed by atoms with van der Waals surface area (Å²) in [5, 5.41) is 0. The van der Waals surface area contributed by atoms with E-state index in [1.54, 1.807) is 0 Å². The molecule has 0 aromatic carbocycles. The Morgan fingerprint density at radius 3 is 0.333 bits per heavy atom. The summed E-state index contributed by atoms with van der Waals surface area (Å²) in [6.45, 7) is 0. The van der Waals surface area contributed by atoms with E-state index in [0.29, 0.717) is 0 Å². The van der Waals surface area contributed by atoms with E-state index < -0.39 is 0 Å². The Morgan fingerprint density at radius 2 is 0.333 bits per heavy atom. The van der Waals surface area contributed by atoms with Crippen LogP contribution in [0.1, 0.15) is 0 Å². The molecule has 0 nitrogen and oxygen atoms in total. The van der Waals surface area contributed by atoms with Crippen LogP contribution in [0.25, 0.3) is 0 Å². The van der Waals surface area contributed by atoms with Gasteiger partial charge in [-0.15, -0.1) is 0 Å². The van der Waals surface area contributed by atoms with Crippen LogP contribution in [0.3, 0.4) is 0 Å². The summed E-state index contributed by atoms with van der Waals surface area (Å²) in [5.74, 6) is 0. The fraction of sp³-hybridized carbons (Fsp3) is 0. The first kappa shape index (κ1) is 126. The summed E-state index contributed by atoms with van der Waals surface area (Å²) < 4.78 is 0. The van der Waals surface area contributed by atoms with Gasteiger partial charge in [-0.2, -0.15) is 0 Å². The maximum absolute atomic E-state index is 0. The third kappa shape index (κ3) is 79.7. The summed E-state index contributed by atoms with van der Waals surface area (Å²) in [6.07, 6.45) is 0. The summed E-state index contributed by atoms with van der Waals surface area (Å²) >= 11 is 0. The van der Waals surface area contributed by atoms with E-state index >= 15 is 0 Å². The first-order valence-electron chi connectivity index (χ1n) is 0. The molecule has 0 saturated heterocycles. The largest absolute Gasteiger partial charge is 2.00 e. The molecule has 0 bridgehead atoms. The van der Waals surface area contributed by atoms with Gasteiger partial charge in [-0.05, 0) is 0 Å². The molecule has 9 heteroatoms. The standard InChI is InChI=1S/6FH.2K.Zr/h6*1H;;;/q;;;;;;2*+1;+2/p-6. The number of halogens is 6. The van der Waals surface area contributed by atoms with Crippen LogP contribution in [0, 0.1) is 0 Å². The Morgan fingerprint density at radius 1 is 0.333 bits per heavy atom. The van der Waals surface area contributed by atoms with Gasteiger partial charge in [-0.3, -0.25) is 0 Å². The normalized spacial score (nSPS) is 0. The molecule has 0 spiro atoms. The molecular weight excluding hydrogens is 283 g/mol. The molecule has 0 aliphatic heterocycles. The van der Waals surface area contributed by atoms with Crippen molar-refractivity contribution in [3.8, 4) is 0 Å². The molecule has 0 rings (SSSR count). The number of hydrogen-bond acceptors (Lipinski definition) is 0. The van der Waals surface area contributed by atoms with Crippen molar-refractivity contribution in [1.29, 1.82) is 0 Å². The van der Waals surface area contributed by atoms with Crippen LogP contribution in [-0.4, -0.2) is 0 Å². The van der Waals surface area contributed by atoms with Gasteiger partial charge in [0.15, 0.2) is 0 Å². The molecule has 0 aromatic rings. The van der Waals surface area contributed by atoms with Gasteiger partial charge < -0.3 is 28.2 Å². The van der Waals surface area contributed by atoms with E-state index in [2.05, 4.69) is 0 Å². The Bertz CT molecular complexity index is 11.0. The third-order valence-electron chi connectivity index (χ3n) is 0. The summed E-state index contributed by atoms with van der Waals surface area (Å²) in [6, 6.07) is 0. The van der Waals surface area contributed by atoms with E-state index in [-0.39, 0.29) is 157 Å². The van der Waals surface area contributed by atoms with Crippen molar-refractivity contribution < 1.29 is 157 Å². The molecule has 0 aliphatic rings. The van der Waals surface area contributed by atoms with Crippen LogP contribution in [0.2, 0.25) is 0 Å². The van der Waals surface area contributed by atoms with Gasteiger partial charge in [0, 0.05) is 0 Å². The topological polar surface area (TPSA) is 0 Å². The summed E-state index contributed by atoms with van der Waals surface area (Å²) in [5.41, 5.74) is 0. The second-order valence-corrected chi connectivity index (χ2v) is 0. The molecular formula is F6K2Zr-2. The van der Waals surface area contributed by atoms with Crippen LogP contribution in [-0.2, 0) is 26.2 Å². The second-order valence-electron chi connectivity index (χ2n) is 0. The van der Waals surface area contributed by atoms with Crippen molar-refractivity contribution >= 4 is 0 Å². The van der Waals surface area contributed by atoms with Crippen molar-refractivity contribution in [3.63, 3.8) is 0 Å². The number of rotatable bonds is 0. The molecule has 0 atom stereocenters. The van der Waals surface area contributed by atoms with Gasteiger partial charge in [0.2, 0.25) is 0 Å². The molecule has 0 amide bonds. The summed E-state index contributed by atoms with van der Waals surface area (Å²) in [7, 11) is 0. The van der Waals surface area contributed by atoms with Crippen LogP contribution >= 0.6 is 0 Å². The molecule has 0 radical (unpaired) electrons. The van der Waals surface area contributed by atoms with Crippen LogP contribution < -0.4 is 131 Å². The van der Waals surface area contributed by atoms with Gasteiger partial charge in [-0.25, -0.2) is 0 Å². The van der Waals surface area contributed by atoms with Crippen molar-refractivity contribution in [1.82, 2.24) is 0 Å². The number of hydrogen-bond donors (Lipinski definition) is 0. The minimum absolute atomic E-state index is 0. The van der Waals surface area contributed by atoms with E-state index in [1.165, 1.54) is 0 Å². The zero-order valence-electron chi connectivity index (χ0n) is 4.77. The molecule has 0 unspecified atom stereocenters. The molecule has 0 saturated carbocycles. The Kier molecular flexibility index (Phi) is 1350. The monoisotopic (exact) mass is 282 g/mol. The molecule has 0 heterocycles. The van der Waals surface area contributed by atoms with Crippen molar-refractivity contribution in [2.75, 3.05) is 0 Å². The van der Waals surface area contributed by atoms with E-state index in [1.807, 2.05) is 0 Å². The van der Waals surface area contributed by atoms with Gasteiger partial charge in [0.1, 0.15) is 0 Å². The molecule has 0 aromatic heterocycles. The van der Waals surface area contributed by atoms with E-state index in [0.717, 1.165) is 0 Å². The minimum Gasteiger partial charge on any atom is -1.00 e. The van der Waals surface area contributed by atoms with Crippen molar-refractivity contribution in [3.05, 3.63) is 0 Å². The third-order valence-corrected chi connectivity index (χ3v) is 0. The van der Waals surface area contributed by atoms with Gasteiger partial charge in [-0.1, -0.05) is 0 Å². The molecule has 0 aliphatic carbocycles. The molecule has 0 N–H and O–H groups in total. The van der Waals surface area contributed by atoms with Crippen molar-refractivity contribution in [2.45, 2.75) is 0 Å². The first-order chi connectivity index (χ1) is 0. The van der Waals surface area contributed by atoms with E-state index in [4.69, 9.17) is 0 Å². The first-order valence-corrected chi connectivity index (χ1v) is 0. The SMILES string of the molecule is [F-].[F-].[F-].[F-].[F-].[F-].[K+].[K+].[Zr+2]. The zero-order valence-corrected chi connectivity index (χ0v) is 13.5. The van der Waals surface area contributed by atoms with E-state index in [9.17, 15) is 0 Å².